The lowest BCUT2D eigenvalue weighted by Crippen LogP contribution is -2.23. The molecule has 0 radical (unpaired) electrons. The van der Waals surface area contributed by atoms with Crippen molar-refractivity contribution in [2.24, 2.45) is 0 Å². The van der Waals surface area contributed by atoms with E-state index in [0.717, 1.165) is 21.9 Å². The number of halogens is 1. The van der Waals surface area contributed by atoms with Crippen molar-refractivity contribution < 1.29 is 0 Å². The maximum absolute atomic E-state index is 12.8. The highest BCUT2D eigenvalue weighted by Gasteiger charge is 2.09. The Morgan fingerprint density at radius 2 is 1.72 bits per heavy atom. The molecule has 0 saturated carbocycles. The summed E-state index contributed by atoms with van der Waals surface area (Å²) in [4.78, 5) is 17.8. The molecule has 4 nitrogen and oxygen atoms in total. The molecule has 5 aromatic rings. The summed E-state index contributed by atoms with van der Waals surface area (Å²) >= 11 is 7.24. The second kappa shape index (κ2) is 7.28. The molecule has 0 aliphatic carbocycles. The molecule has 29 heavy (non-hydrogen) atoms. The minimum atomic E-state index is -0.156. The molecule has 140 valence electrons. The molecule has 0 aliphatic heterocycles. The Bertz CT molecular complexity index is 1480. The van der Waals surface area contributed by atoms with Crippen molar-refractivity contribution in [2.45, 2.75) is 0 Å². The Morgan fingerprint density at radius 1 is 0.931 bits per heavy atom. The number of hydrogen-bond donors (Lipinski definition) is 0. The maximum Gasteiger partial charge on any atom is 0.291 e. The fourth-order valence-electron chi connectivity index (χ4n) is 3.18. The number of rotatable bonds is 3. The van der Waals surface area contributed by atoms with E-state index in [4.69, 9.17) is 11.6 Å². The van der Waals surface area contributed by atoms with Gasteiger partial charge in [-0.25, -0.2) is 0 Å². The number of thiazole rings is 1. The van der Waals surface area contributed by atoms with E-state index in [1.54, 1.807) is 6.08 Å². The Labute approximate surface area is 175 Å². The highest BCUT2D eigenvalue weighted by molar-refractivity contribution is 7.15. The molecular formula is C23H14ClN3OS. The van der Waals surface area contributed by atoms with Crippen LogP contribution in [0.25, 0.3) is 34.0 Å². The highest BCUT2D eigenvalue weighted by Crippen LogP contribution is 2.19. The number of aromatic nitrogens is 3. The van der Waals surface area contributed by atoms with E-state index < -0.39 is 0 Å². The van der Waals surface area contributed by atoms with Crippen LogP contribution in [0.15, 0.2) is 71.5 Å². The average molecular weight is 416 g/mol. The molecule has 0 fully saturated rings. The van der Waals surface area contributed by atoms with Crippen molar-refractivity contribution >= 4 is 56.9 Å². The molecule has 2 heterocycles. The number of hydrogen-bond acceptors (Lipinski definition) is 4. The van der Waals surface area contributed by atoms with Gasteiger partial charge in [0, 0.05) is 5.02 Å². The molecular weight excluding hydrogens is 402 g/mol. The lowest BCUT2D eigenvalue weighted by Gasteiger charge is -2.00. The van der Waals surface area contributed by atoms with Gasteiger partial charge in [-0.15, -0.1) is 5.10 Å². The molecule has 6 heteroatoms. The van der Waals surface area contributed by atoms with Crippen molar-refractivity contribution in [2.75, 3.05) is 0 Å². The van der Waals surface area contributed by atoms with E-state index in [1.165, 1.54) is 15.9 Å². The fraction of sp³-hybridized carbons (Fsp3) is 0. The first-order valence-corrected chi connectivity index (χ1v) is 10.2. The third kappa shape index (κ3) is 3.46. The Balaban J connectivity index is 1.53. The zero-order valence-electron chi connectivity index (χ0n) is 15.1. The summed E-state index contributed by atoms with van der Waals surface area (Å²) in [6.07, 6.45) is 5.59. The predicted molar refractivity (Wildman–Crippen MR) is 120 cm³/mol. The summed E-state index contributed by atoms with van der Waals surface area (Å²) in [6, 6.07) is 21.7. The first-order valence-electron chi connectivity index (χ1n) is 9.00. The van der Waals surface area contributed by atoms with Crippen LogP contribution in [0.3, 0.4) is 0 Å². The van der Waals surface area contributed by atoms with Gasteiger partial charge in [-0.2, -0.15) is 9.50 Å². The molecule has 3 aromatic carbocycles. The first-order chi connectivity index (χ1) is 14.2. The van der Waals surface area contributed by atoms with Crippen LogP contribution in [0.2, 0.25) is 5.02 Å². The van der Waals surface area contributed by atoms with E-state index in [0.29, 0.717) is 20.3 Å². The van der Waals surface area contributed by atoms with E-state index in [1.807, 2.05) is 60.7 Å². The summed E-state index contributed by atoms with van der Waals surface area (Å²) in [5.41, 5.74) is 1.84. The molecule has 0 bridgehead atoms. The van der Waals surface area contributed by atoms with Crippen LogP contribution in [0, 0.1) is 0 Å². The monoisotopic (exact) mass is 415 g/mol. The Morgan fingerprint density at radius 3 is 2.55 bits per heavy atom. The zero-order chi connectivity index (χ0) is 19.8. The maximum atomic E-state index is 12.8. The molecule has 0 aliphatic rings. The van der Waals surface area contributed by atoms with Gasteiger partial charge in [0.1, 0.15) is 0 Å². The van der Waals surface area contributed by atoms with E-state index >= 15 is 0 Å². The largest absolute Gasteiger partial charge is 0.291 e. The van der Waals surface area contributed by atoms with Crippen molar-refractivity contribution in [3.63, 3.8) is 0 Å². The van der Waals surface area contributed by atoms with E-state index in [9.17, 15) is 4.79 Å². The summed E-state index contributed by atoms with van der Waals surface area (Å²) in [5.74, 6) is 0.500. The summed E-state index contributed by atoms with van der Waals surface area (Å²) < 4.78 is 1.98. The van der Waals surface area contributed by atoms with Crippen LogP contribution in [0.4, 0.5) is 0 Å². The molecule has 0 N–H and O–H groups in total. The normalized spacial score (nSPS) is 12.5. The number of fused-ring (bicyclic) bond motifs is 2. The minimum Gasteiger partial charge on any atom is -0.266 e. The molecule has 0 atom stereocenters. The SMILES string of the molecule is O=c1/c(=C\c2cccc3ccccc23)sc2nc(/C=C/c3ccc(Cl)cc3)nn12. The van der Waals surface area contributed by atoms with Gasteiger partial charge in [-0.05, 0) is 46.2 Å². The van der Waals surface area contributed by atoms with Crippen LogP contribution in [0.5, 0.6) is 0 Å². The van der Waals surface area contributed by atoms with E-state index in [-0.39, 0.29) is 5.56 Å². The smallest absolute Gasteiger partial charge is 0.266 e. The van der Waals surface area contributed by atoms with Gasteiger partial charge >= 0.3 is 0 Å². The summed E-state index contributed by atoms with van der Waals surface area (Å²) in [7, 11) is 0. The van der Waals surface area contributed by atoms with Crippen molar-refractivity contribution in [3.8, 4) is 0 Å². The predicted octanol–water partition coefficient (Wildman–Crippen LogP) is 4.68. The third-order valence-corrected chi connectivity index (χ3v) is 5.81. The Kier molecular flexibility index (Phi) is 4.46. The molecule has 0 unspecified atom stereocenters. The third-order valence-electron chi connectivity index (χ3n) is 4.60. The van der Waals surface area contributed by atoms with Gasteiger partial charge in [0.25, 0.3) is 5.56 Å². The zero-order valence-corrected chi connectivity index (χ0v) is 16.7. The molecule has 2 aromatic heterocycles. The molecule has 0 saturated heterocycles. The van der Waals surface area contributed by atoms with Crippen LogP contribution in [0.1, 0.15) is 17.0 Å². The second-order valence-electron chi connectivity index (χ2n) is 6.53. The lowest BCUT2D eigenvalue weighted by molar-refractivity contribution is 0.925. The van der Waals surface area contributed by atoms with Crippen LogP contribution in [-0.2, 0) is 0 Å². The molecule has 5 rings (SSSR count). The van der Waals surface area contributed by atoms with E-state index in [2.05, 4.69) is 28.3 Å². The van der Waals surface area contributed by atoms with Crippen LogP contribution >= 0.6 is 22.9 Å². The fourth-order valence-corrected chi connectivity index (χ4v) is 4.21. The van der Waals surface area contributed by atoms with Gasteiger partial charge in [0.05, 0.1) is 4.53 Å². The molecule has 0 spiro atoms. The minimum absolute atomic E-state index is 0.156. The number of benzene rings is 3. The standard InChI is InChI=1S/C23H14ClN3OS/c24-18-11-8-15(9-12-18)10-13-21-25-23-27(26-21)22(28)20(29-23)14-17-6-3-5-16-4-1-2-7-19(16)17/h1-14H/b13-10+,20-14+. The van der Waals surface area contributed by atoms with Crippen LogP contribution < -0.4 is 10.1 Å². The van der Waals surface area contributed by atoms with Gasteiger partial charge in [-0.3, -0.25) is 4.79 Å². The van der Waals surface area contributed by atoms with Gasteiger partial charge in [0.15, 0.2) is 5.82 Å². The van der Waals surface area contributed by atoms with Crippen LogP contribution in [-0.4, -0.2) is 14.6 Å². The summed E-state index contributed by atoms with van der Waals surface area (Å²) in [6.45, 7) is 0. The van der Waals surface area contributed by atoms with Crippen molar-refractivity contribution in [3.05, 3.63) is 104 Å². The number of nitrogens with zero attached hydrogens (tertiary/aromatic N) is 3. The topological polar surface area (TPSA) is 47.3 Å². The second-order valence-corrected chi connectivity index (χ2v) is 7.98. The lowest BCUT2D eigenvalue weighted by atomic mass is 10.0. The van der Waals surface area contributed by atoms with Crippen molar-refractivity contribution in [1.82, 2.24) is 14.6 Å². The average Bonchev–Trinajstić information content (AvgIpc) is 3.27. The summed E-state index contributed by atoms with van der Waals surface area (Å²) in [5, 5.41) is 7.28. The Hall–Kier alpha value is -3.28. The van der Waals surface area contributed by atoms with Gasteiger partial charge in [-0.1, -0.05) is 83.6 Å². The molecule has 0 amide bonds. The van der Waals surface area contributed by atoms with Gasteiger partial charge < -0.3 is 0 Å². The first kappa shape index (κ1) is 17.8. The quantitative estimate of drug-likeness (QED) is 0.430. The highest BCUT2D eigenvalue weighted by atomic mass is 35.5. The van der Waals surface area contributed by atoms with Crippen molar-refractivity contribution in [1.29, 1.82) is 0 Å². The van der Waals surface area contributed by atoms with Gasteiger partial charge in [0.2, 0.25) is 4.96 Å².